The number of rotatable bonds is 0. The number of urea groups is 1. The standard InChI is InChI=1S/C15H19FN2O/c1-11-3-2-7-17(10-11)15(19)18-8-6-12-4-5-13(16)9-14(12)18/h4-5,9,11H,2-3,6-8,10H2,1H3. The first-order valence-electron chi connectivity index (χ1n) is 7.00. The van der Waals surface area contributed by atoms with Gasteiger partial charge in [-0.05, 0) is 42.9 Å². The largest absolute Gasteiger partial charge is 0.324 e. The zero-order valence-electron chi connectivity index (χ0n) is 11.2. The van der Waals surface area contributed by atoms with E-state index in [1.165, 1.54) is 18.6 Å². The summed E-state index contributed by atoms with van der Waals surface area (Å²) < 4.78 is 13.4. The monoisotopic (exact) mass is 262 g/mol. The Hall–Kier alpha value is -1.58. The van der Waals surface area contributed by atoms with E-state index in [4.69, 9.17) is 0 Å². The summed E-state index contributed by atoms with van der Waals surface area (Å²) in [4.78, 5) is 16.2. The molecule has 1 unspecified atom stereocenters. The quantitative estimate of drug-likeness (QED) is 0.705. The highest BCUT2D eigenvalue weighted by Crippen LogP contribution is 2.30. The summed E-state index contributed by atoms with van der Waals surface area (Å²) in [7, 11) is 0. The highest BCUT2D eigenvalue weighted by atomic mass is 19.1. The Morgan fingerprint density at radius 1 is 1.37 bits per heavy atom. The van der Waals surface area contributed by atoms with Gasteiger partial charge in [0.15, 0.2) is 0 Å². The maximum Gasteiger partial charge on any atom is 0.324 e. The molecule has 1 saturated heterocycles. The van der Waals surface area contributed by atoms with Crippen LogP contribution in [0.25, 0.3) is 0 Å². The van der Waals surface area contributed by atoms with Crippen LogP contribution in [0.2, 0.25) is 0 Å². The minimum Gasteiger partial charge on any atom is -0.324 e. The van der Waals surface area contributed by atoms with E-state index in [0.29, 0.717) is 12.5 Å². The zero-order chi connectivity index (χ0) is 13.4. The van der Waals surface area contributed by atoms with E-state index in [0.717, 1.165) is 37.2 Å². The highest BCUT2D eigenvalue weighted by molar-refractivity contribution is 5.94. The van der Waals surface area contributed by atoms with Crippen LogP contribution in [0.3, 0.4) is 0 Å². The molecule has 1 atom stereocenters. The van der Waals surface area contributed by atoms with Gasteiger partial charge < -0.3 is 4.90 Å². The minimum atomic E-state index is -0.273. The van der Waals surface area contributed by atoms with Crippen molar-refractivity contribution < 1.29 is 9.18 Å². The fraction of sp³-hybridized carbons (Fsp3) is 0.533. The molecule has 4 heteroatoms. The number of carbonyl (C=O) groups excluding carboxylic acids is 1. The van der Waals surface area contributed by atoms with Gasteiger partial charge in [0.05, 0.1) is 5.69 Å². The SMILES string of the molecule is CC1CCCN(C(=O)N2CCc3ccc(F)cc32)C1. The maximum absolute atomic E-state index is 13.4. The fourth-order valence-corrected chi connectivity index (χ4v) is 3.08. The Bertz CT molecular complexity index is 503. The van der Waals surface area contributed by atoms with Crippen molar-refractivity contribution in [1.82, 2.24) is 4.90 Å². The molecule has 1 aromatic rings. The number of piperidine rings is 1. The summed E-state index contributed by atoms with van der Waals surface area (Å²) in [5.74, 6) is 0.290. The first-order valence-corrected chi connectivity index (χ1v) is 7.00. The molecule has 2 aliphatic heterocycles. The van der Waals surface area contributed by atoms with Crippen LogP contribution < -0.4 is 4.90 Å². The molecule has 0 radical (unpaired) electrons. The van der Waals surface area contributed by atoms with Crippen LogP contribution in [0.4, 0.5) is 14.9 Å². The summed E-state index contributed by atoms with van der Waals surface area (Å²) in [6, 6.07) is 4.77. The molecule has 3 nitrogen and oxygen atoms in total. The van der Waals surface area contributed by atoms with Crippen LogP contribution >= 0.6 is 0 Å². The number of fused-ring (bicyclic) bond motifs is 1. The predicted octanol–water partition coefficient (Wildman–Crippen LogP) is 3.04. The van der Waals surface area contributed by atoms with E-state index < -0.39 is 0 Å². The van der Waals surface area contributed by atoms with Crippen molar-refractivity contribution in [2.24, 2.45) is 5.92 Å². The van der Waals surface area contributed by atoms with E-state index in [1.807, 2.05) is 4.90 Å². The van der Waals surface area contributed by atoms with Gasteiger partial charge in [0.2, 0.25) is 0 Å². The third-order valence-electron chi connectivity index (χ3n) is 4.10. The van der Waals surface area contributed by atoms with Crippen LogP contribution in [0.5, 0.6) is 0 Å². The van der Waals surface area contributed by atoms with Gasteiger partial charge in [0.25, 0.3) is 0 Å². The van der Waals surface area contributed by atoms with Crippen LogP contribution in [0, 0.1) is 11.7 Å². The van der Waals surface area contributed by atoms with Gasteiger partial charge in [0.1, 0.15) is 5.82 Å². The molecule has 2 aliphatic rings. The van der Waals surface area contributed by atoms with Crippen LogP contribution in [-0.4, -0.2) is 30.6 Å². The molecular formula is C15H19FN2O. The van der Waals surface area contributed by atoms with Gasteiger partial charge in [-0.15, -0.1) is 0 Å². The molecule has 0 aromatic heterocycles. The van der Waals surface area contributed by atoms with E-state index >= 15 is 0 Å². The number of halogens is 1. The lowest BCUT2D eigenvalue weighted by atomic mass is 10.0. The van der Waals surface area contributed by atoms with Crippen molar-refractivity contribution in [2.45, 2.75) is 26.2 Å². The third-order valence-corrected chi connectivity index (χ3v) is 4.10. The molecule has 1 aromatic carbocycles. The second kappa shape index (κ2) is 4.83. The molecular weight excluding hydrogens is 243 g/mol. The van der Waals surface area contributed by atoms with Gasteiger partial charge in [0, 0.05) is 19.6 Å². The molecule has 0 saturated carbocycles. The summed E-state index contributed by atoms with van der Waals surface area (Å²) in [6.07, 6.45) is 3.08. The number of hydrogen-bond acceptors (Lipinski definition) is 1. The highest BCUT2D eigenvalue weighted by Gasteiger charge is 2.30. The number of anilines is 1. The average Bonchev–Trinajstić information content (AvgIpc) is 2.80. The molecule has 19 heavy (non-hydrogen) atoms. The number of amides is 2. The van der Waals surface area contributed by atoms with Gasteiger partial charge in [-0.2, -0.15) is 0 Å². The first-order chi connectivity index (χ1) is 9.15. The maximum atomic E-state index is 13.4. The number of nitrogens with zero attached hydrogens (tertiary/aromatic N) is 2. The molecule has 102 valence electrons. The van der Waals surface area contributed by atoms with Crippen molar-refractivity contribution >= 4 is 11.7 Å². The van der Waals surface area contributed by atoms with Gasteiger partial charge in [-0.25, -0.2) is 9.18 Å². The summed E-state index contributed by atoms with van der Waals surface area (Å²) in [6.45, 7) is 4.49. The Balaban J connectivity index is 1.81. The van der Waals surface area contributed by atoms with Gasteiger partial charge >= 0.3 is 6.03 Å². The van der Waals surface area contributed by atoms with Crippen LogP contribution in [0.1, 0.15) is 25.3 Å². The first kappa shape index (κ1) is 12.5. The van der Waals surface area contributed by atoms with E-state index in [1.54, 1.807) is 11.0 Å². The molecule has 0 spiro atoms. The number of benzene rings is 1. The smallest absolute Gasteiger partial charge is 0.324 e. The number of likely N-dealkylation sites (tertiary alicyclic amines) is 1. The van der Waals surface area contributed by atoms with Gasteiger partial charge in [-0.1, -0.05) is 13.0 Å². The van der Waals surface area contributed by atoms with Gasteiger partial charge in [-0.3, -0.25) is 4.90 Å². The Kier molecular flexibility index (Phi) is 3.17. The Morgan fingerprint density at radius 2 is 2.21 bits per heavy atom. The summed E-state index contributed by atoms with van der Waals surface area (Å²) >= 11 is 0. The molecule has 0 aliphatic carbocycles. The fourth-order valence-electron chi connectivity index (χ4n) is 3.08. The third kappa shape index (κ3) is 2.31. The normalized spacial score (nSPS) is 22.5. The Labute approximate surface area is 113 Å². The van der Waals surface area contributed by atoms with Crippen LogP contribution in [0.15, 0.2) is 18.2 Å². The molecule has 0 N–H and O–H groups in total. The average molecular weight is 262 g/mol. The van der Waals surface area contributed by atoms with E-state index in [-0.39, 0.29) is 11.8 Å². The number of carbonyl (C=O) groups is 1. The summed E-state index contributed by atoms with van der Waals surface area (Å²) in [5, 5.41) is 0. The second-order valence-corrected chi connectivity index (χ2v) is 5.65. The number of hydrogen-bond donors (Lipinski definition) is 0. The Morgan fingerprint density at radius 3 is 3.00 bits per heavy atom. The summed E-state index contributed by atoms with van der Waals surface area (Å²) in [5.41, 5.74) is 1.82. The van der Waals surface area contributed by atoms with Crippen molar-refractivity contribution in [3.05, 3.63) is 29.6 Å². The lowest BCUT2D eigenvalue weighted by Crippen LogP contribution is -2.46. The predicted molar refractivity (Wildman–Crippen MR) is 72.8 cm³/mol. The molecule has 1 fully saturated rings. The molecule has 3 rings (SSSR count). The lowest BCUT2D eigenvalue weighted by molar-refractivity contribution is 0.176. The second-order valence-electron chi connectivity index (χ2n) is 5.65. The zero-order valence-corrected chi connectivity index (χ0v) is 11.2. The van der Waals surface area contributed by atoms with Crippen molar-refractivity contribution in [1.29, 1.82) is 0 Å². The molecule has 2 amide bonds. The van der Waals surface area contributed by atoms with E-state index in [9.17, 15) is 9.18 Å². The molecule has 2 heterocycles. The van der Waals surface area contributed by atoms with Crippen molar-refractivity contribution in [2.75, 3.05) is 24.5 Å². The van der Waals surface area contributed by atoms with Crippen LogP contribution in [-0.2, 0) is 6.42 Å². The minimum absolute atomic E-state index is 0.0379. The topological polar surface area (TPSA) is 23.6 Å². The van der Waals surface area contributed by atoms with Crippen molar-refractivity contribution in [3.63, 3.8) is 0 Å². The lowest BCUT2D eigenvalue weighted by Gasteiger charge is -2.34. The molecule has 0 bridgehead atoms. The van der Waals surface area contributed by atoms with E-state index in [2.05, 4.69) is 6.92 Å². The van der Waals surface area contributed by atoms with Crippen molar-refractivity contribution in [3.8, 4) is 0 Å².